The molecule has 3 rings (SSSR count). The number of alkyl halides is 3. The van der Waals surface area contributed by atoms with Crippen molar-refractivity contribution >= 4 is 52.3 Å². The largest absolute Gasteiger partial charge is 0.507 e. The van der Waals surface area contributed by atoms with Gasteiger partial charge in [-0.3, -0.25) is 15.0 Å². The monoisotopic (exact) mass is 427 g/mol. The fourth-order valence-corrected chi connectivity index (χ4v) is 2.97. The number of phenolic OH excluding ortho intramolecular Hbond substituents is 2. The molecule has 0 bridgehead atoms. The van der Waals surface area contributed by atoms with Crippen molar-refractivity contribution in [3.05, 3.63) is 57.6 Å². The van der Waals surface area contributed by atoms with Crippen LogP contribution in [0, 0.1) is 12.3 Å². The molecule has 1 aliphatic carbocycles. The van der Waals surface area contributed by atoms with Gasteiger partial charge in [0.1, 0.15) is 18.1 Å². The summed E-state index contributed by atoms with van der Waals surface area (Å²) in [4.78, 5) is 25.6. The van der Waals surface area contributed by atoms with Crippen LogP contribution in [0.3, 0.4) is 0 Å². The summed E-state index contributed by atoms with van der Waals surface area (Å²) >= 11 is 16.6. The zero-order valence-electron chi connectivity index (χ0n) is 13.8. The zero-order chi connectivity index (χ0) is 20.1. The van der Waals surface area contributed by atoms with E-state index in [1.54, 1.807) is 6.92 Å². The zero-order valence-corrected chi connectivity index (χ0v) is 16.0. The van der Waals surface area contributed by atoms with Crippen molar-refractivity contribution in [3.63, 3.8) is 0 Å². The van der Waals surface area contributed by atoms with Crippen molar-refractivity contribution in [1.82, 2.24) is 0 Å². The maximum Gasteiger partial charge on any atom is 0.265 e. The SMILES string of the molecule is Cc1ccc2c(c1O)C(=O)c1c(O)cc(COC(=N)C(Cl)(Cl)Cl)cc1C2=O. The van der Waals surface area contributed by atoms with Gasteiger partial charge < -0.3 is 14.9 Å². The van der Waals surface area contributed by atoms with E-state index in [0.29, 0.717) is 11.1 Å². The van der Waals surface area contributed by atoms with Gasteiger partial charge in [0.05, 0.1) is 11.1 Å². The van der Waals surface area contributed by atoms with Crippen molar-refractivity contribution in [1.29, 1.82) is 5.41 Å². The summed E-state index contributed by atoms with van der Waals surface area (Å²) in [5.41, 5.74) is 0.412. The Morgan fingerprint density at radius 2 is 1.74 bits per heavy atom. The van der Waals surface area contributed by atoms with Crippen LogP contribution in [0.15, 0.2) is 24.3 Å². The van der Waals surface area contributed by atoms with Crippen LogP contribution in [-0.2, 0) is 11.3 Å². The molecule has 6 nitrogen and oxygen atoms in total. The molecule has 27 heavy (non-hydrogen) atoms. The number of halogens is 3. The quantitative estimate of drug-likeness (QED) is 0.324. The number of aryl methyl sites for hydroxylation is 1. The summed E-state index contributed by atoms with van der Waals surface area (Å²) in [6.07, 6.45) is 0. The van der Waals surface area contributed by atoms with Gasteiger partial charge in [0, 0.05) is 11.1 Å². The molecule has 0 aliphatic heterocycles. The molecule has 2 aromatic carbocycles. The number of carbonyl (C=O) groups excluding carboxylic acids is 2. The van der Waals surface area contributed by atoms with Crippen LogP contribution in [0.5, 0.6) is 11.5 Å². The molecule has 1 aliphatic rings. The van der Waals surface area contributed by atoms with E-state index in [1.165, 1.54) is 24.3 Å². The fourth-order valence-electron chi connectivity index (χ4n) is 2.81. The van der Waals surface area contributed by atoms with Crippen LogP contribution in [-0.4, -0.2) is 31.5 Å². The number of rotatable bonds is 2. The molecule has 3 N–H and O–H groups in total. The third kappa shape index (κ3) is 3.36. The molecule has 0 atom stereocenters. The first-order valence-electron chi connectivity index (χ1n) is 7.58. The smallest absolute Gasteiger partial charge is 0.265 e. The lowest BCUT2D eigenvalue weighted by molar-refractivity contribution is 0.0974. The minimum absolute atomic E-state index is 0.0326. The van der Waals surface area contributed by atoms with Crippen LogP contribution >= 0.6 is 34.8 Å². The van der Waals surface area contributed by atoms with Crippen molar-refractivity contribution < 1.29 is 24.5 Å². The van der Waals surface area contributed by atoms with E-state index in [-0.39, 0.29) is 34.6 Å². The number of hydrogen-bond donors (Lipinski definition) is 3. The first-order valence-corrected chi connectivity index (χ1v) is 8.72. The van der Waals surface area contributed by atoms with Gasteiger partial charge in [-0.2, -0.15) is 0 Å². The Bertz CT molecular complexity index is 1010. The summed E-state index contributed by atoms with van der Waals surface area (Å²) < 4.78 is 3.00. The number of phenols is 2. The van der Waals surface area contributed by atoms with Crippen molar-refractivity contribution in [3.8, 4) is 11.5 Å². The predicted molar refractivity (Wildman–Crippen MR) is 101 cm³/mol. The molecule has 0 amide bonds. The highest BCUT2D eigenvalue weighted by Gasteiger charge is 2.35. The van der Waals surface area contributed by atoms with Crippen LogP contribution < -0.4 is 0 Å². The van der Waals surface area contributed by atoms with Crippen LogP contribution in [0.1, 0.15) is 43.0 Å². The van der Waals surface area contributed by atoms with E-state index in [9.17, 15) is 19.8 Å². The van der Waals surface area contributed by atoms with E-state index in [4.69, 9.17) is 44.9 Å². The van der Waals surface area contributed by atoms with Gasteiger partial charge in [0.25, 0.3) is 3.79 Å². The Morgan fingerprint density at radius 1 is 1.07 bits per heavy atom. The Labute approximate surface area is 168 Å². The number of hydrogen-bond acceptors (Lipinski definition) is 6. The van der Waals surface area contributed by atoms with Crippen molar-refractivity contribution in [2.45, 2.75) is 17.3 Å². The van der Waals surface area contributed by atoms with Crippen LogP contribution in [0.4, 0.5) is 0 Å². The predicted octanol–water partition coefficient (Wildman–Crippen LogP) is 4.05. The third-order valence-electron chi connectivity index (χ3n) is 4.14. The van der Waals surface area contributed by atoms with Crippen molar-refractivity contribution in [2.24, 2.45) is 0 Å². The number of ketones is 2. The Balaban J connectivity index is 2.03. The number of fused-ring (bicyclic) bond motifs is 2. The van der Waals surface area contributed by atoms with Gasteiger partial charge >= 0.3 is 0 Å². The first-order chi connectivity index (χ1) is 12.5. The normalized spacial score (nSPS) is 13.2. The van der Waals surface area contributed by atoms with E-state index >= 15 is 0 Å². The number of carbonyl (C=O) groups is 2. The van der Waals surface area contributed by atoms with Crippen molar-refractivity contribution in [2.75, 3.05) is 0 Å². The maximum absolute atomic E-state index is 12.8. The van der Waals surface area contributed by atoms with E-state index in [1.807, 2.05) is 0 Å². The highest BCUT2D eigenvalue weighted by molar-refractivity contribution is 6.76. The number of benzene rings is 2. The lowest BCUT2D eigenvalue weighted by Gasteiger charge is -2.21. The summed E-state index contributed by atoms with van der Waals surface area (Å²) in [6.45, 7) is 1.34. The molecule has 0 unspecified atom stereocenters. The van der Waals surface area contributed by atoms with Gasteiger partial charge in [0.2, 0.25) is 11.7 Å². The maximum atomic E-state index is 12.8. The van der Waals surface area contributed by atoms with Gasteiger partial charge in [-0.25, -0.2) is 0 Å². The molecular weight excluding hydrogens is 417 g/mol. The third-order valence-corrected chi connectivity index (χ3v) is 4.66. The highest BCUT2D eigenvalue weighted by Crippen LogP contribution is 2.38. The van der Waals surface area contributed by atoms with Gasteiger partial charge in [-0.1, -0.05) is 40.9 Å². The summed E-state index contributed by atoms with van der Waals surface area (Å²) in [7, 11) is 0. The standard InChI is InChI=1S/C18H12Cl3NO5/c1-7-2-3-9-13(14(7)24)16(26)12-10(15(9)25)4-8(5-11(12)23)6-27-17(22)18(19,20)21/h2-5,22-24H,6H2,1H3. The number of ether oxygens (including phenoxy) is 1. The summed E-state index contributed by atoms with van der Waals surface area (Å²) in [6, 6.07) is 5.56. The van der Waals surface area contributed by atoms with Gasteiger partial charge in [-0.05, 0) is 36.2 Å². The second-order valence-electron chi connectivity index (χ2n) is 5.96. The van der Waals surface area contributed by atoms with Crippen LogP contribution in [0.25, 0.3) is 0 Å². The fraction of sp³-hybridized carbons (Fsp3) is 0.167. The number of aromatic hydroxyl groups is 2. The molecular formula is C18H12Cl3NO5. The second-order valence-corrected chi connectivity index (χ2v) is 8.25. The molecule has 0 saturated carbocycles. The van der Waals surface area contributed by atoms with E-state index < -0.39 is 27.0 Å². The molecule has 0 spiro atoms. The average Bonchev–Trinajstić information content (AvgIpc) is 2.58. The van der Waals surface area contributed by atoms with Crippen LogP contribution in [0.2, 0.25) is 0 Å². The molecule has 0 fully saturated rings. The summed E-state index contributed by atoms with van der Waals surface area (Å²) in [5, 5.41) is 28.0. The van der Waals surface area contributed by atoms with E-state index in [2.05, 4.69) is 0 Å². The second kappa shape index (κ2) is 6.71. The minimum Gasteiger partial charge on any atom is -0.507 e. The Hall–Kier alpha value is -2.28. The average molecular weight is 429 g/mol. The molecule has 140 valence electrons. The minimum atomic E-state index is -2.05. The molecule has 0 aromatic heterocycles. The van der Waals surface area contributed by atoms with E-state index in [0.717, 1.165) is 0 Å². The molecule has 0 saturated heterocycles. The molecule has 2 aromatic rings. The van der Waals surface area contributed by atoms with Gasteiger partial charge in [-0.15, -0.1) is 0 Å². The summed E-state index contributed by atoms with van der Waals surface area (Å²) in [5.74, 6) is -2.54. The first kappa shape index (κ1) is 19.5. The molecule has 0 heterocycles. The Kier molecular flexibility index (Phi) is 4.84. The lowest BCUT2D eigenvalue weighted by Crippen LogP contribution is -2.23. The topological polar surface area (TPSA) is 108 Å². The Morgan fingerprint density at radius 3 is 2.37 bits per heavy atom. The number of nitrogens with one attached hydrogen (secondary N) is 1. The lowest BCUT2D eigenvalue weighted by atomic mass is 9.81. The highest BCUT2D eigenvalue weighted by atomic mass is 35.6. The van der Waals surface area contributed by atoms with Gasteiger partial charge in [0.15, 0.2) is 5.78 Å². The molecule has 9 heteroatoms. The molecule has 0 radical (unpaired) electrons.